The van der Waals surface area contributed by atoms with E-state index in [1.54, 1.807) is 12.1 Å². The van der Waals surface area contributed by atoms with Crippen molar-refractivity contribution in [2.24, 2.45) is 11.7 Å². The summed E-state index contributed by atoms with van der Waals surface area (Å²) in [6.07, 6.45) is 1.29. The number of esters is 2. The molecule has 6 atom stereocenters. The number of likely N-dealkylation sites (N-methyl/N-ethyl adjacent to an activating group) is 1. The standard InChI is InChI=1S/C26H34N2O8/c1-13-18(29)6-5-16-11-20-26(34)8-7-19(14(2)25(26,22(13)16)9-10-28(20)4)36-23(32)15(3)35-24(33)17(27)12-21(30)31/h5-7,14-15,17,20,29,34H,8-12,27H2,1-4H3,(H,30,31)/t14-,15-,17-,20+,25+,26+/m0/s1. The summed E-state index contributed by atoms with van der Waals surface area (Å²) in [5, 5.41) is 31.6. The second-order valence-electron chi connectivity index (χ2n) is 10.3. The van der Waals surface area contributed by atoms with E-state index >= 15 is 0 Å². The first-order valence-electron chi connectivity index (χ1n) is 12.2. The number of piperidine rings is 1. The first-order chi connectivity index (χ1) is 16.8. The highest BCUT2D eigenvalue weighted by molar-refractivity contribution is 5.85. The molecule has 1 saturated heterocycles. The fourth-order valence-electron chi connectivity index (χ4n) is 6.52. The number of hydrogen-bond donors (Lipinski definition) is 4. The van der Waals surface area contributed by atoms with Crippen LogP contribution in [0.4, 0.5) is 0 Å². The number of carbonyl (C=O) groups is 3. The summed E-state index contributed by atoms with van der Waals surface area (Å²) < 4.78 is 10.8. The molecule has 1 aliphatic heterocycles. The molecule has 1 aromatic rings. The van der Waals surface area contributed by atoms with Crippen LogP contribution in [0.1, 0.15) is 49.8 Å². The van der Waals surface area contributed by atoms with Gasteiger partial charge in [0.15, 0.2) is 6.10 Å². The van der Waals surface area contributed by atoms with Crippen molar-refractivity contribution in [1.29, 1.82) is 0 Å². The van der Waals surface area contributed by atoms with Crippen molar-refractivity contribution >= 4 is 17.9 Å². The monoisotopic (exact) mass is 502 g/mol. The van der Waals surface area contributed by atoms with Gasteiger partial charge in [0.1, 0.15) is 17.6 Å². The van der Waals surface area contributed by atoms with Crippen LogP contribution in [0, 0.1) is 12.8 Å². The number of allylic oxidation sites excluding steroid dienone is 1. The van der Waals surface area contributed by atoms with E-state index < -0.39 is 53.4 Å². The predicted octanol–water partition coefficient (Wildman–Crippen LogP) is 1.13. The molecule has 0 unspecified atom stereocenters. The van der Waals surface area contributed by atoms with Crippen LogP contribution in [0.5, 0.6) is 5.75 Å². The molecule has 1 heterocycles. The Hall–Kier alpha value is -2.95. The van der Waals surface area contributed by atoms with Crippen LogP contribution in [0.15, 0.2) is 24.0 Å². The molecule has 4 rings (SSSR count). The highest BCUT2D eigenvalue weighted by Crippen LogP contribution is 2.61. The largest absolute Gasteiger partial charge is 0.508 e. The number of aliphatic hydroxyl groups is 1. The fourth-order valence-corrected chi connectivity index (χ4v) is 6.52. The molecule has 0 spiro atoms. The van der Waals surface area contributed by atoms with Crippen LogP contribution in [0.2, 0.25) is 0 Å². The zero-order chi connectivity index (χ0) is 26.6. The van der Waals surface area contributed by atoms with Gasteiger partial charge in [-0.05, 0) is 69.1 Å². The number of phenolic OH excluding ortho intramolecular Hbond substituents is 1. The molecule has 2 bridgehead atoms. The number of phenols is 1. The lowest BCUT2D eigenvalue weighted by Crippen LogP contribution is -2.73. The Kier molecular flexibility index (Phi) is 6.65. The molecule has 2 aliphatic carbocycles. The molecule has 0 saturated carbocycles. The molecule has 0 aromatic heterocycles. The molecule has 1 fully saturated rings. The lowest BCUT2D eigenvalue weighted by Gasteiger charge is -2.65. The van der Waals surface area contributed by atoms with Gasteiger partial charge in [0.25, 0.3) is 0 Å². The number of carbonyl (C=O) groups excluding carboxylic acids is 2. The minimum absolute atomic E-state index is 0.144. The van der Waals surface area contributed by atoms with E-state index in [2.05, 4.69) is 4.90 Å². The van der Waals surface area contributed by atoms with Crippen molar-refractivity contribution in [3.63, 3.8) is 0 Å². The summed E-state index contributed by atoms with van der Waals surface area (Å²) in [6, 6.07) is 2.04. The average Bonchev–Trinajstić information content (AvgIpc) is 2.80. The number of fused-ring (bicyclic) bond motifs is 1. The molecule has 36 heavy (non-hydrogen) atoms. The van der Waals surface area contributed by atoms with Gasteiger partial charge < -0.3 is 35.4 Å². The van der Waals surface area contributed by atoms with Crippen LogP contribution in [0.3, 0.4) is 0 Å². The number of nitrogens with zero attached hydrogens (tertiary/aromatic N) is 1. The van der Waals surface area contributed by atoms with Crippen LogP contribution in [-0.4, -0.2) is 75.5 Å². The van der Waals surface area contributed by atoms with Crippen molar-refractivity contribution in [3.05, 3.63) is 40.7 Å². The number of benzene rings is 1. The van der Waals surface area contributed by atoms with Crippen molar-refractivity contribution in [3.8, 4) is 5.75 Å². The van der Waals surface area contributed by atoms with Crippen LogP contribution < -0.4 is 5.73 Å². The Labute approximate surface area is 209 Å². The van der Waals surface area contributed by atoms with Gasteiger partial charge in [0, 0.05) is 23.8 Å². The van der Waals surface area contributed by atoms with Crippen molar-refractivity contribution in [2.45, 2.75) is 75.7 Å². The molecule has 10 nitrogen and oxygen atoms in total. The lowest BCUT2D eigenvalue weighted by atomic mass is 9.47. The summed E-state index contributed by atoms with van der Waals surface area (Å²) in [6.45, 7) is 5.81. The Morgan fingerprint density at radius 3 is 2.64 bits per heavy atom. The summed E-state index contributed by atoms with van der Waals surface area (Å²) in [7, 11) is 2.00. The van der Waals surface area contributed by atoms with E-state index in [1.165, 1.54) is 6.92 Å². The molecule has 0 radical (unpaired) electrons. The third kappa shape index (κ3) is 3.88. The molecule has 196 valence electrons. The van der Waals surface area contributed by atoms with Gasteiger partial charge >= 0.3 is 17.9 Å². The van der Waals surface area contributed by atoms with Crippen LogP contribution in [0.25, 0.3) is 0 Å². The Bertz CT molecular complexity index is 1130. The highest BCUT2D eigenvalue weighted by atomic mass is 16.6. The average molecular weight is 503 g/mol. The first kappa shape index (κ1) is 26.1. The Balaban J connectivity index is 1.64. The molecule has 10 heteroatoms. The third-order valence-corrected chi connectivity index (χ3v) is 8.42. The number of ether oxygens (including phenoxy) is 2. The Morgan fingerprint density at radius 1 is 1.28 bits per heavy atom. The summed E-state index contributed by atoms with van der Waals surface area (Å²) in [4.78, 5) is 37.9. The van der Waals surface area contributed by atoms with E-state index in [1.807, 2.05) is 27.0 Å². The summed E-state index contributed by atoms with van der Waals surface area (Å²) in [5.74, 6) is -2.99. The third-order valence-electron chi connectivity index (χ3n) is 8.42. The number of aliphatic carboxylic acids is 1. The molecule has 1 aromatic carbocycles. The number of carboxylic acids is 1. The maximum atomic E-state index is 12.9. The van der Waals surface area contributed by atoms with E-state index in [4.69, 9.17) is 20.3 Å². The molecule has 0 amide bonds. The van der Waals surface area contributed by atoms with Crippen LogP contribution in [-0.2, 0) is 35.7 Å². The second kappa shape index (κ2) is 9.17. The van der Waals surface area contributed by atoms with E-state index in [0.29, 0.717) is 24.2 Å². The van der Waals surface area contributed by atoms with E-state index in [-0.39, 0.29) is 18.2 Å². The topological polar surface area (TPSA) is 160 Å². The number of nitrogens with two attached hydrogens (primary N) is 1. The van der Waals surface area contributed by atoms with Crippen molar-refractivity contribution in [2.75, 3.05) is 13.6 Å². The van der Waals surface area contributed by atoms with Gasteiger partial charge in [-0.3, -0.25) is 9.59 Å². The van der Waals surface area contributed by atoms with Gasteiger partial charge in [-0.1, -0.05) is 13.0 Å². The Morgan fingerprint density at radius 2 is 1.97 bits per heavy atom. The number of likely N-dealkylation sites (tertiary alicyclic amines) is 1. The van der Waals surface area contributed by atoms with Crippen LogP contribution >= 0.6 is 0 Å². The maximum absolute atomic E-state index is 12.9. The minimum atomic E-state index is -1.40. The smallest absolute Gasteiger partial charge is 0.352 e. The second-order valence-corrected chi connectivity index (χ2v) is 10.3. The number of aromatic hydroxyl groups is 1. The number of hydrogen-bond acceptors (Lipinski definition) is 9. The summed E-state index contributed by atoms with van der Waals surface area (Å²) in [5.41, 5.74) is 6.27. The maximum Gasteiger partial charge on any atom is 0.352 e. The molecule has 5 N–H and O–H groups in total. The van der Waals surface area contributed by atoms with Crippen molar-refractivity contribution in [1.82, 2.24) is 4.90 Å². The predicted molar refractivity (Wildman–Crippen MR) is 128 cm³/mol. The van der Waals surface area contributed by atoms with Gasteiger partial charge in [-0.25, -0.2) is 4.79 Å². The lowest BCUT2D eigenvalue weighted by molar-refractivity contribution is -0.174. The zero-order valence-corrected chi connectivity index (χ0v) is 21.0. The van der Waals surface area contributed by atoms with Gasteiger partial charge in [-0.2, -0.15) is 0 Å². The summed E-state index contributed by atoms with van der Waals surface area (Å²) >= 11 is 0. The van der Waals surface area contributed by atoms with E-state index in [0.717, 1.165) is 17.7 Å². The zero-order valence-electron chi connectivity index (χ0n) is 21.0. The molecule has 3 aliphatic rings. The SMILES string of the molecule is Cc1c(O)ccc2c1[C@]13CCN(C)[C@H](C2)[C@]1(O)CC=C(OC(=O)[C@H](C)OC(=O)[C@@H](N)CC(=O)O)[C@@H]3C. The molecular weight excluding hydrogens is 468 g/mol. The van der Waals surface area contributed by atoms with Gasteiger partial charge in [0.05, 0.1) is 12.0 Å². The van der Waals surface area contributed by atoms with Crippen molar-refractivity contribution < 1.29 is 39.2 Å². The highest BCUT2D eigenvalue weighted by Gasteiger charge is 2.66. The van der Waals surface area contributed by atoms with E-state index in [9.17, 15) is 24.6 Å². The van der Waals surface area contributed by atoms with Gasteiger partial charge in [0.2, 0.25) is 0 Å². The fraction of sp³-hybridized carbons (Fsp3) is 0.577. The first-order valence-corrected chi connectivity index (χ1v) is 12.2. The normalized spacial score (nSPS) is 30.8. The minimum Gasteiger partial charge on any atom is -0.508 e. The number of rotatable bonds is 6. The van der Waals surface area contributed by atoms with Gasteiger partial charge in [-0.15, -0.1) is 0 Å². The molecular formula is C26H34N2O8. The quantitative estimate of drug-likeness (QED) is 0.415. The number of carboxylic acid groups (broad SMARTS) is 1.